The van der Waals surface area contributed by atoms with Crippen LogP contribution in [0.1, 0.15) is 20.3 Å². The van der Waals surface area contributed by atoms with Crippen molar-refractivity contribution in [2.24, 2.45) is 11.3 Å². The first-order chi connectivity index (χ1) is 9.05. The molecule has 1 aromatic heterocycles. The largest absolute Gasteiger partial charge is 0.481 e. The highest BCUT2D eigenvalue weighted by molar-refractivity contribution is 5.37. The molecule has 0 radical (unpaired) electrons. The van der Waals surface area contributed by atoms with E-state index in [1.54, 1.807) is 19.4 Å². The molecular weight excluding hydrogens is 242 g/mol. The van der Waals surface area contributed by atoms with Crippen LogP contribution in [-0.4, -0.2) is 42.9 Å². The van der Waals surface area contributed by atoms with Gasteiger partial charge in [0.15, 0.2) is 0 Å². The van der Waals surface area contributed by atoms with Crippen molar-refractivity contribution in [2.75, 3.05) is 25.7 Å². The van der Waals surface area contributed by atoms with Crippen molar-refractivity contribution in [1.29, 1.82) is 0 Å². The van der Waals surface area contributed by atoms with Crippen molar-refractivity contribution < 1.29 is 9.47 Å². The second kappa shape index (κ2) is 4.34. The van der Waals surface area contributed by atoms with Crippen LogP contribution in [0.25, 0.3) is 0 Å². The fourth-order valence-corrected chi connectivity index (χ4v) is 3.82. The second-order valence-corrected chi connectivity index (χ2v) is 6.02. The van der Waals surface area contributed by atoms with E-state index in [-0.39, 0.29) is 5.41 Å². The molecule has 1 aliphatic heterocycles. The Kier molecular flexibility index (Phi) is 2.89. The van der Waals surface area contributed by atoms with E-state index in [0.717, 1.165) is 19.0 Å². The molecule has 5 heteroatoms. The molecular formula is C14H21N3O2. The summed E-state index contributed by atoms with van der Waals surface area (Å²) in [7, 11) is 3.69. The van der Waals surface area contributed by atoms with Gasteiger partial charge in [0.25, 0.3) is 0 Å². The fraction of sp³-hybridized carbons (Fsp3) is 0.714. The summed E-state index contributed by atoms with van der Waals surface area (Å²) in [5.41, 5.74) is 0.141. The average molecular weight is 263 g/mol. The minimum absolute atomic E-state index is 0.141. The third kappa shape index (κ3) is 1.79. The van der Waals surface area contributed by atoms with E-state index >= 15 is 0 Å². The molecule has 104 valence electrons. The van der Waals surface area contributed by atoms with Crippen molar-refractivity contribution in [2.45, 2.75) is 32.4 Å². The zero-order chi connectivity index (χ0) is 13.6. The van der Waals surface area contributed by atoms with Crippen LogP contribution in [0.15, 0.2) is 12.3 Å². The van der Waals surface area contributed by atoms with Crippen LogP contribution in [0, 0.1) is 11.3 Å². The molecule has 2 aliphatic rings. The lowest BCUT2D eigenvalue weighted by atomic mass is 9.57. The van der Waals surface area contributed by atoms with Crippen LogP contribution in [0.3, 0.4) is 0 Å². The predicted octanol–water partition coefficient (Wildman–Crippen LogP) is 1.73. The molecule has 2 heterocycles. The van der Waals surface area contributed by atoms with Gasteiger partial charge in [0.1, 0.15) is 0 Å². The molecule has 3 rings (SSSR count). The van der Waals surface area contributed by atoms with Gasteiger partial charge in [0.2, 0.25) is 11.8 Å². The van der Waals surface area contributed by atoms with Gasteiger partial charge in [-0.15, -0.1) is 0 Å². The monoisotopic (exact) mass is 263 g/mol. The van der Waals surface area contributed by atoms with Gasteiger partial charge in [-0.05, 0) is 6.42 Å². The predicted molar refractivity (Wildman–Crippen MR) is 72.4 cm³/mol. The Morgan fingerprint density at radius 2 is 2.26 bits per heavy atom. The minimum atomic E-state index is 0.141. The van der Waals surface area contributed by atoms with Crippen LogP contribution in [0.4, 0.5) is 5.95 Å². The summed E-state index contributed by atoms with van der Waals surface area (Å²) in [6.07, 6.45) is 3.25. The summed E-state index contributed by atoms with van der Waals surface area (Å²) in [4.78, 5) is 11.0. The normalized spacial score (nSPS) is 31.5. The van der Waals surface area contributed by atoms with Gasteiger partial charge in [0.05, 0.1) is 13.2 Å². The zero-order valence-corrected chi connectivity index (χ0v) is 12.0. The molecule has 1 aliphatic carbocycles. The summed E-state index contributed by atoms with van der Waals surface area (Å²) >= 11 is 0. The Balaban J connectivity index is 1.85. The van der Waals surface area contributed by atoms with E-state index < -0.39 is 0 Å². The molecule has 3 atom stereocenters. The first-order valence-electron chi connectivity index (χ1n) is 6.77. The van der Waals surface area contributed by atoms with Crippen molar-refractivity contribution in [3.8, 4) is 5.88 Å². The molecule has 3 unspecified atom stereocenters. The number of hydrogen-bond acceptors (Lipinski definition) is 5. The van der Waals surface area contributed by atoms with Gasteiger partial charge >= 0.3 is 0 Å². The molecule has 1 saturated heterocycles. The molecule has 1 aromatic rings. The van der Waals surface area contributed by atoms with E-state index in [4.69, 9.17) is 9.47 Å². The van der Waals surface area contributed by atoms with Crippen molar-refractivity contribution in [3.63, 3.8) is 0 Å². The molecule has 0 amide bonds. The highest BCUT2D eigenvalue weighted by Gasteiger charge is 2.61. The summed E-state index contributed by atoms with van der Waals surface area (Å²) in [6, 6.07) is 2.19. The third-order valence-electron chi connectivity index (χ3n) is 4.60. The molecule has 0 N–H and O–H groups in total. The zero-order valence-electron chi connectivity index (χ0n) is 12.0. The lowest BCUT2D eigenvalue weighted by Crippen LogP contribution is -2.66. The first-order valence-corrected chi connectivity index (χ1v) is 6.77. The van der Waals surface area contributed by atoms with Crippen LogP contribution < -0.4 is 9.64 Å². The summed E-state index contributed by atoms with van der Waals surface area (Å²) in [5.74, 6) is 1.92. The smallest absolute Gasteiger partial charge is 0.228 e. The van der Waals surface area contributed by atoms with Crippen molar-refractivity contribution in [3.05, 3.63) is 12.3 Å². The lowest BCUT2D eigenvalue weighted by molar-refractivity contribution is -0.101. The van der Waals surface area contributed by atoms with E-state index in [1.165, 1.54) is 0 Å². The Hall–Kier alpha value is -1.36. The van der Waals surface area contributed by atoms with E-state index in [2.05, 4.69) is 35.8 Å². The number of nitrogens with zero attached hydrogens (tertiary/aromatic N) is 3. The maximum Gasteiger partial charge on any atom is 0.228 e. The highest BCUT2D eigenvalue weighted by atomic mass is 16.5. The lowest BCUT2D eigenvalue weighted by Gasteiger charge is -2.57. The number of ether oxygens (including phenoxy) is 2. The Labute approximate surface area is 113 Å². The maximum absolute atomic E-state index is 5.84. The summed E-state index contributed by atoms with van der Waals surface area (Å²) in [6.45, 7) is 5.41. The Morgan fingerprint density at radius 1 is 1.47 bits per heavy atom. The van der Waals surface area contributed by atoms with E-state index in [0.29, 0.717) is 23.9 Å². The summed E-state index contributed by atoms with van der Waals surface area (Å²) in [5, 5.41) is 0. The average Bonchev–Trinajstić information content (AvgIpc) is 2.85. The number of fused-ring (bicyclic) bond motifs is 1. The van der Waals surface area contributed by atoms with Gasteiger partial charge in [-0.3, -0.25) is 0 Å². The van der Waals surface area contributed by atoms with Crippen LogP contribution >= 0.6 is 0 Å². The highest BCUT2D eigenvalue weighted by Crippen LogP contribution is 2.54. The standard InChI is InChI=1S/C14H21N3O2/c1-14(2)11(9-6-8-19-12(9)14)17(3)13-15-7-5-10(16-13)18-4/h5,7,9,11-12H,6,8H2,1-4H3. The second-order valence-electron chi connectivity index (χ2n) is 6.02. The molecule has 2 fully saturated rings. The number of methoxy groups -OCH3 is 1. The van der Waals surface area contributed by atoms with Crippen molar-refractivity contribution >= 4 is 5.95 Å². The SMILES string of the molecule is COc1ccnc(N(C)C2C3CCOC3C2(C)C)n1. The molecule has 0 spiro atoms. The number of aromatic nitrogens is 2. The molecule has 5 nitrogen and oxygen atoms in total. The molecule has 0 aromatic carbocycles. The van der Waals surface area contributed by atoms with Crippen LogP contribution in [0.5, 0.6) is 5.88 Å². The quantitative estimate of drug-likeness (QED) is 0.831. The van der Waals surface area contributed by atoms with E-state index in [1.807, 2.05) is 0 Å². The number of hydrogen-bond donors (Lipinski definition) is 0. The van der Waals surface area contributed by atoms with Gasteiger partial charge < -0.3 is 14.4 Å². The van der Waals surface area contributed by atoms with E-state index in [9.17, 15) is 0 Å². The van der Waals surface area contributed by atoms with Gasteiger partial charge in [0, 0.05) is 43.3 Å². The third-order valence-corrected chi connectivity index (χ3v) is 4.60. The maximum atomic E-state index is 5.84. The fourth-order valence-electron chi connectivity index (χ4n) is 3.82. The Bertz CT molecular complexity index is 478. The number of rotatable bonds is 3. The van der Waals surface area contributed by atoms with Gasteiger partial charge in [-0.25, -0.2) is 4.98 Å². The van der Waals surface area contributed by atoms with Crippen LogP contribution in [0.2, 0.25) is 0 Å². The van der Waals surface area contributed by atoms with Crippen LogP contribution in [-0.2, 0) is 4.74 Å². The first kappa shape index (κ1) is 12.7. The molecule has 0 bridgehead atoms. The summed E-state index contributed by atoms with van der Waals surface area (Å²) < 4.78 is 11.0. The van der Waals surface area contributed by atoms with Crippen molar-refractivity contribution in [1.82, 2.24) is 9.97 Å². The molecule has 1 saturated carbocycles. The Morgan fingerprint density at radius 3 is 3.00 bits per heavy atom. The number of anilines is 1. The molecule has 19 heavy (non-hydrogen) atoms. The minimum Gasteiger partial charge on any atom is -0.481 e. The van der Waals surface area contributed by atoms with Gasteiger partial charge in [-0.2, -0.15) is 4.98 Å². The van der Waals surface area contributed by atoms with Gasteiger partial charge in [-0.1, -0.05) is 13.8 Å². The topological polar surface area (TPSA) is 47.5 Å².